The molecule has 1 amide bonds. The molecule has 4 aliphatic rings. The number of ether oxygens (including phenoxy) is 1. The largest absolute Gasteiger partial charge is 0.497 e. The smallest absolute Gasteiger partial charge is 0.266 e. The van der Waals surface area contributed by atoms with Gasteiger partial charge in [-0.05, 0) is 97.2 Å². The summed E-state index contributed by atoms with van der Waals surface area (Å²) in [5.41, 5.74) is 2.30. The normalized spacial score (nSPS) is 30.6. The molecule has 0 aliphatic heterocycles. The maximum absolute atomic E-state index is 12.7. The molecule has 2 unspecified atom stereocenters. The molecule has 6 rings (SSSR count). The Hall–Kier alpha value is -3.10. The lowest BCUT2D eigenvalue weighted by atomic mass is 9.46. The van der Waals surface area contributed by atoms with Gasteiger partial charge in [-0.25, -0.2) is 0 Å². The van der Waals surface area contributed by atoms with Crippen LogP contribution in [0.2, 0.25) is 0 Å². The molecule has 0 heterocycles. The molecule has 4 fully saturated rings. The van der Waals surface area contributed by atoms with E-state index >= 15 is 0 Å². The van der Waals surface area contributed by atoms with Crippen molar-refractivity contribution in [3.8, 4) is 11.8 Å². The van der Waals surface area contributed by atoms with Gasteiger partial charge in [-0.15, -0.1) is 0 Å². The van der Waals surface area contributed by atoms with Crippen molar-refractivity contribution in [1.82, 2.24) is 0 Å². The highest BCUT2D eigenvalue weighted by atomic mass is 16.5. The van der Waals surface area contributed by atoms with Crippen molar-refractivity contribution in [1.29, 1.82) is 5.26 Å². The molecule has 5 heteroatoms. The van der Waals surface area contributed by atoms with Crippen molar-refractivity contribution in [2.24, 2.45) is 11.8 Å². The maximum atomic E-state index is 12.7. The first kappa shape index (κ1) is 20.8. The third kappa shape index (κ3) is 3.80. The summed E-state index contributed by atoms with van der Waals surface area (Å²) in [5.74, 6) is 1.54. The molecule has 0 radical (unpaired) electrons. The summed E-state index contributed by atoms with van der Waals surface area (Å²) in [7, 11) is 1.59. The average molecular weight is 429 g/mol. The molecule has 4 bridgehead atoms. The Balaban J connectivity index is 1.31. The van der Waals surface area contributed by atoms with Gasteiger partial charge in [0.15, 0.2) is 0 Å². The molecule has 4 saturated carbocycles. The SMILES string of the molecule is COc1ccc(/C=C(\C#N)C(=O)Nc2ccc(C34CC5CC(CC(O)(C5)C3)C4)cc2)cc1. The van der Waals surface area contributed by atoms with Gasteiger partial charge in [0.1, 0.15) is 17.4 Å². The fourth-order valence-electron chi connectivity index (χ4n) is 6.67. The summed E-state index contributed by atoms with van der Waals surface area (Å²) < 4.78 is 5.14. The van der Waals surface area contributed by atoms with Crippen molar-refractivity contribution in [3.05, 3.63) is 65.2 Å². The van der Waals surface area contributed by atoms with Gasteiger partial charge >= 0.3 is 0 Å². The van der Waals surface area contributed by atoms with E-state index in [0.29, 0.717) is 17.5 Å². The average Bonchev–Trinajstić information content (AvgIpc) is 2.76. The van der Waals surface area contributed by atoms with Crippen LogP contribution in [0.4, 0.5) is 5.69 Å². The molecule has 0 saturated heterocycles. The van der Waals surface area contributed by atoms with Gasteiger partial charge in [0.2, 0.25) is 0 Å². The van der Waals surface area contributed by atoms with Crippen LogP contribution in [0.5, 0.6) is 5.75 Å². The predicted octanol–water partition coefficient (Wildman–Crippen LogP) is 4.82. The number of nitrogens with zero attached hydrogens (tertiary/aromatic N) is 1. The minimum atomic E-state index is -0.495. The number of carbonyl (C=O) groups excluding carboxylic acids is 1. The minimum absolute atomic E-state index is 0.0440. The van der Waals surface area contributed by atoms with Crippen LogP contribution in [0.25, 0.3) is 6.08 Å². The van der Waals surface area contributed by atoms with Crippen molar-refractivity contribution in [2.75, 3.05) is 12.4 Å². The second-order valence-corrected chi connectivity index (χ2v) is 9.94. The molecule has 32 heavy (non-hydrogen) atoms. The van der Waals surface area contributed by atoms with E-state index in [1.54, 1.807) is 37.5 Å². The zero-order valence-corrected chi connectivity index (χ0v) is 18.3. The van der Waals surface area contributed by atoms with Crippen LogP contribution in [0.15, 0.2) is 54.1 Å². The number of anilines is 1. The predicted molar refractivity (Wildman–Crippen MR) is 123 cm³/mol. The molecular formula is C27H28N2O3. The summed E-state index contributed by atoms with van der Waals surface area (Å²) in [6.45, 7) is 0. The molecule has 2 atom stereocenters. The number of hydrogen-bond acceptors (Lipinski definition) is 4. The number of benzene rings is 2. The number of aliphatic hydroxyl groups is 1. The molecule has 4 aliphatic carbocycles. The van der Waals surface area contributed by atoms with E-state index in [4.69, 9.17) is 4.74 Å². The van der Waals surface area contributed by atoms with Crippen molar-refractivity contribution in [2.45, 2.75) is 49.5 Å². The van der Waals surface area contributed by atoms with Gasteiger partial charge in [-0.2, -0.15) is 5.26 Å². The van der Waals surface area contributed by atoms with E-state index in [1.807, 2.05) is 18.2 Å². The molecule has 2 aromatic rings. The lowest BCUT2D eigenvalue weighted by molar-refractivity contribution is -0.137. The number of amides is 1. The highest BCUT2D eigenvalue weighted by Gasteiger charge is 2.57. The van der Waals surface area contributed by atoms with Crippen LogP contribution in [0.1, 0.15) is 49.7 Å². The van der Waals surface area contributed by atoms with Crippen LogP contribution in [-0.2, 0) is 10.2 Å². The van der Waals surface area contributed by atoms with Gasteiger partial charge in [-0.1, -0.05) is 24.3 Å². The Bertz CT molecular complexity index is 1080. The molecule has 0 spiro atoms. The molecule has 2 N–H and O–H groups in total. The van der Waals surface area contributed by atoms with Crippen LogP contribution in [0.3, 0.4) is 0 Å². The summed E-state index contributed by atoms with van der Waals surface area (Å²) in [6.07, 6.45) is 7.89. The Kier molecular flexibility index (Phi) is 5.06. The van der Waals surface area contributed by atoms with Crippen LogP contribution in [-0.4, -0.2) is 23.7 Å². The topological polar surface area (TPSA) is 82.3 Å². The summed E-state index contributed by atoms with van der Waals surface area (Å²) in [4.78, 5) is 12.7. The molecule has 2 aromatic carbocycles. The second kappa shape index (κ2) is 7.79. The molecule has 164 valence electrons. The van der Waals surface area contributed by atoms with Gasteiger partial charge in [0, 0.05) is 5.69 Å². The number of rotatable bonds is 5. The summed E-state index contributed by atoms with van der Waals surface area (Å²) in [5, 5.41) is 23.4. The highest BCUT2D eigenvalue weighted by Crippen LogP contribution is 2.62. The van der Waals surface area contributed by atoms with Gasteiger partial charge in [-0.3, -0.25) is 4.79 Å². The zero-order chi connectivity index (χ0) is 22.3. The lowest BCUT2D eigenvalue weighted by Crippen LogP contribution is -2.57. The Morgan fingerprint density at radius 2 is 1.75 bits per heavy atom. The van der Waals surface area contributed by atoms with Crippen molar-refractivity contribution < 1.29 is 14.6 Å². The third-order valence-electron chi connectivity index (χ3n) is 7.58. The fraction of sp³-hybridized carbons (Fsp3) is 0.407. The van der Waals surface area contributed by atoms with E-state index < -0.39 is 11.5 Å². The quantitative estimate of drug-likeness (QED) is 0.528. The first-order valence-electron chi connectivity index (χ1n) is 11.3. The molecule has 5 nitrogen and oxygen atoms in total. The molecular weight excluding hydrogens is 400 g/mol. The number of nitriles is 1. The number of nitrogens with one attached hydrogen (secondary N) is 1. The van der Waals surface area contributed by atoms with Gasteiger partial charge in [0.25, 0.3) is 5.91 Å². The monoisotopic (exact) mass is 428 g/mol. The Morgan fingerprint density at radius 3 is 2.31 bits per heavy atom. The number of carbonyl (C=O) groups is 1. The zero-order valence-electron chi connectivity index (χ0n) is 18.3. The number of methoxy groups -OCH3 is 1. The van der Waals surface area contributed by atoms with Gasteiger partial charge in [0.05, 0.1) is 12.7 Å². The Morgan fingerprint density at radius 1 is 1.09 bits per heavy atom. The van der Waals surface area contributed by atoms with Crippen LogP contribution < -0.4 is 10.1 Å². The van der Waals surface area contributed by atoms with Crippen LogP contribution in [0, 0.1) is 23.2 Å². The minimum Gasteiger partial charge on any atom is -0.497 e. The second-order valence-electron chi connectivity index (χ2n) is 9.94. The lowest BCUT2D eigenvalue weighted by Gasteiger charge is -2.60. The van der Waals surface area contributed by atoms with E-state index in [0.717, 1.165) is 43.4 Å². The maximum Gasteiger partial charge on any atom is 0.266 e. The van der Waals surface area contributed by atoms with E-state index in [-0.39, 0.29) is 11.0 Å². The summed E-state index contributed by atoms with van der Waals surface area (Å²) >= 11 is 0. The summed E-state index contributed by atoms with van der Waals surface area (Å²) in [6, 6.07) is 17.2. The first-order chi connectivity index (χ1) is 15.4. The van der Waals surface area contributed by atoms with E-state index in [2.05, 4.69) is 17.4 Å². The third-order valence-corrected chi connectivity index (χ3v) is 7.58. The van der Waals surface area contributed by atoms with Gasteiger partial charge < -0.3 is 15.2 Å². The molecule has 0 aromatic heterocycles. The number of hydrogen-bond donors (Lipinski definition) is 2. The van der Waals surface area contributed by atoms with Crippen LogP contribution >= 0.6 is 0 Å². The van der Waals surface area contributed by atoms with Crippen molar-refractivity contribution >= 4 is 17.7 Å². The van der Waals surface area contributed by atoms with Crippen molar-refractivity contribution in [3.63, 3.8) is 0 Å². The highest BCUT2D eigenvalue weighted by molar-refractivity contribution is 6.09. The van der Waals surface area contributed by atoms with E-state index in [1.165, 1.54) is 12.0 Å². The standard InChI is InChI=1S/C27H28N2O3/c1-32-24-8-2-18(3-9-24)11-21(16-28)25(30)29-23-6-4-22(5-7-23)26-12-19-10-20(13-26)15-27(31,14-19)17-26/h2-9,11,19-20,31H,10,12-15,17H2,1H3,(H,29,30)/b21-11+. The van der Waals surface area contributed by atoms with E-state index in [9.17, 15) is 15.2 Å². The fourth-order valence-corrected chi connectivity index (χ4v) is 6.67. The Labute approximate surface area is 188 Å². The first-order valence-corrected chi connectivity index (χ1v) is 11.3.